The van der Waals surface area contributed by atoms with Crippen LogP contribution < -0.4 is 5.32 Å². The van der Waals surface area contributed by atoms with Crippen LogP contribution in [0.4, 0.5) is 0 Å². The zero-order chi connectivity index (χ0) is 14.4. The standard InChI is InChI=1S/C15H23BrN2O/c1-5-18(6-2)15(19)12(4)17-10-13-8-7-11(3)9-14(13)16/h7-9,12,17H,5-6,10H2,1-4H3. The SMILES string of the molecule is CCN(CC)C(=O)C(C)NCc1ccc(C)cc1Br. The molecule has 4 heteroatoms. The fraction of sp³-hybridized carbons (Fsp3) is 0.533. The number of hydrogen-bond acceptors (Lipinski definition) is 2. The number of likely N-dealkylation sites (N-methyl/N-ethyl adjacent to an activating group) is 1. The van der Waals surface area contributed by atoms with Crippen LogP contribution in [0.3, 0.4) is 0 Å². The fourth-order valence-corrected chi connectivity index (χ4v) is 2.59. The molecule has 0 spiro atoms. The second kappa shape index (κ2) is 7.65. The summed E-state index contributed by atoms with van der Waals surface area (Å²) in [5, 5.41) is 3.29. The minimum atomic E-state index is -0.159. The van der Waals surface area contributed by atoms with Gasteiger partial charge in [0, 0.05) is 24.1 Å². The van der Waals surface area contributed by atoms with Gasteiger partial charge in [-0.3, -0.25) is 4.79 Å². The Kier molecular flexibility index (Phi) is 6.52. The summed E-state index contributed by atoms with van der Waals surface area (Å²) in [6, 6.07) is 6.10. The molecule has 0 fully saturated rings. The Labute approximate surface area is 124 Å². The summed E-state index contributed by atoms with van der Waals surface area (Å²) >= 11 is 3.56. The molecule has 0 aliphatic heterocycles. The third-order valence-corrected chi connectivity index (χ3v) is 3.99. The summed E-state index contributed by atoms with van der Waals surface area (Å²) in [7, 11) is 0. The van der Waals surface area contributed by atoms with Gasteiger partial charge in [-0.2, -0.15) is 0 Å². The van der Waals surface area contributed by atoms with Crippen LogP contribution in [0.5, 0.6) is 0 Å². The topological polar surface area (TPSA) is 32.3 Å². The third-order valence-electron chi connectivity index (χ3n) is 3.25. The van der Waals surface area contributed by atoms with E-state index in [2.05, 4.69) is 46.4 Å². The minimum Gasteiger partial charge on any atom is -0.342 e. The third kappa shape index (κ3) is 4.62. The molecule has 1 amide bonds. The molecule has 0 saturated carbocycles. The number of nitrogens with zero attached hydrogens (tertiary/aromatic N) is 1. The van der Waals surface area contributed by atoms with Crippen molar-refractivity contribution in [3.8, 4) is 0 Å². The minimum absolute atomic E-state index is 0.159. The highest BCUT2D eigenvalue weighted by Crippen LogP contribution is 2.18. The molecule has 1 rings (SSSR count). The summed E-state index contributed by atoms with van der Waals surface area (Å²) in [5.74, 6) is 0.160. The summed E-state index contributed by atoms with van der Waals surface area (Å²) in [6.45, 7) is 10.2. The first-order valence-electron chi connectivity index (χ1n) is 6.76. The Morgan fingerprint density at radius 2 is 2.00 bits per heavy atom. The van der Waals surface area contributed by atoms with E-state index in [9.17, 15) is 4.79 Å². The largest absolute Gasteiger partial charge is 0.342 e. The molecule has 1 unspecified atom stereocenters. The smallest absolute Gasteiger partial charge is 0.239 e. The van der Waals surface area contributed by atoms with Crippen molar-refractivity contribution in [2.75, 3.05) is 13.1 Å². The first kappa shape index (κ1) is 16.2. The van der Waals surface area contributed by atoms with Crippen molar-refractivity contribution in [1.29, 1.82) is 0 Å². The number of halogens is 1. The molecule has 3 nitrogen and oxygen atoms in total. The van der Waals surface area contributed by atoms with Crippen molar-refractivity contribution >= 4 is 21.8 Å². The molecular weight excluding hydrogens is 304 g/mol. The van der Waals surface area contributed by atoms with Gasteiger partial charge >= 0.3 is 0 Å². The molecule has 1 aromatic carbocycles. The average Bonchev–Trinajstić information content (AvgIpc) is 2.38. The van der Waals surface area contributed by atoms with Crippen LogP contribution in [-0.2, 0) is 11.3 Å². The second-order valence-electron chi connectivity index (χ2n) is 4.71. The van der Waals surface area contributed by atoms with Gasteiger partial charge in [0.2, 0.25) is 5.91 Å². The highest BCUT2D eigenvalue weighted by molar-refractivity contribution is 9.10. The summed E-state index contributed by atoms with van der Waals surface area (Å²) in [6.07, 6.45) is 0. The van der Waals surface area contributed by atoms with Crippen molar-refractivity contribution in [3.63, 3.8) is 0 Å². The van der Waals surface area contributed by atoms with Crippen LogP contribution in [0.25, 0.3) is 0 Å². The highest BCUT2D eigenvalue weighted by atomic mass is 79.9. The van der Waals surface area contributed by atoms with Crippen molar-refractivity contribution in [1.82, 2.24) is 10.2 Å². The van der Waals surface area contributed by atoms with E-state index >= 15 is 0 Å². The average molecular weight is 327 g/mol. The van der Waals surface area contributed by atoms with E-state index in [1.54, 1.807) is 0 Å². The van der Waals surface area contributed by atoms with Gasteiger partial charge in [0.15, 0.2) is 0 Å². The molecule has 1 atom stereocenters. The Morgan fingerprint density at radius 3 is 2.53 bits per heavy atom. The van der Waals surface area contributed by atoms with Crippen LogP contribution >= 0.6 is 15.9 Å². The number of hydrogen-bond donors (Lipinski definition) is 1. The molecule has 0 aromatic heterocycles. The lowest BCUT2D eigenvalue weighted by Gasteiger charge is -2.23. The lowest BCUT2D eigenvalue weighted by atomic mass is 10.1. The monoisotopic (exact) mass is 326 g/mol. The number of carbonyl (C=O) groups is 1. The van der Waals surface area contributed by atoms with Gasteiger partial charge in [-0.25, -0.2) is 0 Å². The number of amides is 1. The fourth-order valence-electron chi connectivity index (χ4n) is 1.96. The van der Waals surface area contributed by atoms with Crippen molar-refractivity contribution < 1.29 is 4.79 Å². The van der Waals surface area contributed by atoms with Crippen LogP contribution in [0.15, 0.2) is 22.7 Å². The second-order valence-corrected chi connectivity index (χ2v) is 5.56. The maximum atomic E-state index is 12.1. The highest BCUT2D eigenvalue weighted by Gasteiger charge is 2.17. The van der Waals surface area contributed by atoms with Crippen molar-refractivity contribution in [2.45, 2.75) is 40.3 Å². The van der Waals surface area contributed by atoms with E-state index in [0.29, 0.717) is 6.54 Å². The van der Waals surface area contributed by atoms with Crippen LogP contribution in [-0.4, -0.2) is 29.9 Å². The number of benzene rings is 1. The summed E-state index contributed by atoms with van der Waals surface area (Å²) < 4.78 is 1.09. The number of carbonyl (C=O) groups excluding carboxylic acids is 1. The molecule has 0 heterocycles. The van der Waals surface area contributed by atoms with E-state index in [-0.39, 0.29) is 11.9 Å². The molecule has 106 valence electrons. The first-order chi connectivity index (χ1) is 8.99. The number of nitrogens with one attached hydrogen (secondary N) is 1. The Hall–Kier alpha value is -0.870. The van der Waals surface area contributed by atoms with Crippen LogP contribution in [0.1, 0.15) is 31.9 Å². The molecular formula is C15H23BrN2O. The molecule has 1 N–H and O–H groups in total. The molecule has 19 heavy (non-hydrogen) atoms. The van der Waals surface area contributed by atoms with E-state index in [1.807, 2.05) is 25.7 Å². The predicted octanol–water partition coefficient (Wildman–Crippen LogP) is 3.10. The Balaban J connectivity index is 2.58. The lowest BCUT2D eigenvalue weighted by molar-refractivity contribution is -0.132. The normalized spacial score (nSPS) is 12.3. The van der Waals surface area contributed by atoms with Gasteiger partial charge in [-0.1, -0.05) is 28.1 Å². The van der Waals surface area contributed by atoms with Gasteiger partial charge in [-0.05, 0) is 44.9 Å². The van der Waals surface area contributed by atoms with Gasteiger partial charge in [-0.15, -0.1) is 0 Å². The Bertz CT molecular complexity index is 430. The quantitative estimate of drug-likeness (QED) is 0.871. The van der Waals surface area contributed by atoms with Gasteiger partial charge < -0.3 is 10.2 Å². The zero-order valence-corrected chi connectivity index (χ0v) is 13.8. The van der Waals surface area contributed by atoms with Crippen molar-refractivity contribution in [3.05, 3.63) is 33.8 Å². The van der Waals surface area contributed by atoms with Gasteiger partial charge in [0.1, 0.15) is 0 Å². The number of aryl methyl sites for hydroxylation is 1. The lowest BCUT2D eigenvalue weighted by Crippen LogP contribution is -2.44. The maximum Gasteiger partial charge on any atom is 0.239 e. The molecule has 1 aromatic rings. The molecule has 0 bridgehead atoms. The van der Waals surface area contributed by atoms with Crippen LogP contribution in [0.2, 0.25) is 0 Å². The molecule has 0 aliphatic rings. The van der Waals surface area contributed by atoms with E-state index in [1.165, 1.54) is 11.1 Å². The van der Waals surface area contributed by atoms with Crippen LogP contribution in [0, 0.1) is 6.92 Å². The van der Waals surface area contributed by atoms with Gasteiger partial charge in [0.05, 0.1) is 6.04 Å². The van der Waals surface area contributed by atoms with Crippen molar-refractivity contribution in [2.24, 2.45) is 0 Å². The summed E-state index contributed by atoms with van der Waals surface area (Å²) in [5.41, 5.74) is 2.40. The van der Waals surface area contributed by atoms with E-state index < -0.39 is 0 Å². The zero-order valence-electron chi connectivity index (χ0n) is 12.2. The van der Waals surface area contributed by atoms with E-state index in [0.717, 1.165) is 17.6 Å². The maximum absolute atomic E-state index is 12.1. The summed E-state index contributed by atoms with van der Waals surface area (Å²) in [4.78, 5) is 14.0. The van der Waals surface area contributed by atoms with E-state index in [4.69, 9.17) is 0 Å². The molecule has 0 aliphatic carbocycles. The first-order valence-corrected chi connectivity index (χ1v) is 7.56. The Morgan fingerprint density at radius 1 is 1.37 bits per heavy atom. The van der Waals surface area contributed by atoms with Gasteiger partial charge in [0.25, 0.3) is 0 Å². The predicted molar refractivity (Wildman–Crippen MR) is 83.1 cm³/mol. The number of rotatable bonds is 6. The molecule has 0 radical (unpaired) electrons. The molecule has 0 saturated heterocycles.